The zero-order valence-electron chi connectivity index (χ0n) is 14.2. The fourth-order valence-electron chi connectivity index (χ4n) is 4.64. The first kappa shape index (κ1) is 14.6. The summed E-state index contributed by atoms with van der Waals surface area (Å²) < 4.78 is 2.41. The van der Waals surface area contributed by atoms with Crippen LogP contribution >= 0.6 is 0 Å². The van der Waals surface area contributed by atoms with Gasteiger partial charge in [-0.3, -0.25) is 4.90 Å². The predicted molar refractivity (Wildman–Crippen MR) is 90.7 cm³/mol. The second kappa shape index (κ2) is 4.88. The van der Waals surface area contributed by atoms with E-state index in [1.807, 2.05) is 0 Å². The van der Waals surface area contributed by atoms with E-state index in [0.29, 0.717) is 17.9 Å². The average Bonchev–Trinajstić information content (AvgIpc) is 2.87. The predicted octanol–water partition coefficient (Wildman–Crippen LogP) is 4.40. The van der Waals surface area contributed by atoms with Crippen molar-refractivity contribution in [3.05, 3.63) is 36.0 Å². The zero-order chi connectivity index (χ0) is 15.4. The van der Waals surface area contributed by atoms with Crippen LogP contribution in [0.3, 0.4) is 0 Å². The largest absolute Gasteiger partial charge is 0.347 e. The number of hydrogen-bond donors (Lipinski definition) is 0. The minimum Gasteiger partial charge on any atom is -0.347 e. The molecular weight excluding hydrogens is 256 g/mol. The van der Waals surface area contributed by atoms with Crippen molar-refractivity contribution in [3.63, 3.8) is 0 Å². The highest BCUT2D eigenvalue weighted by atomic mass is 15.2. The SMILES string of the molecule is CCC1C(c2cc3ccccc3n2C)[C@@H](C)N(C)C1(C)C. The number of nitrogens with zero attached hydrogens (tertiary/aromatic N) is 2. The Kier molecular flexibility index (Phi) is 3.40. The average molecular weight is 284 g/mol. The van der Waals surface area contributed by atoms with Gasteiger partial charge >= 0.3 is 0 Å². The highest BCUT2D eigenvalue weighted by Crippen LogP contribution is 2.49. The van der Waals surface area contributed by atoms with Gasteiger partial charge in [-0.15, -0.1) is 0 Å². The molecule has 2 heteroatoms. The molecule has 0 spiro atoms. The van der Waals surface area contributed by atoms with Crippen molar-refractivity contribution in [2.45, 2.75) is 51.6 Å². The molecular formula is C19H28N2. The second-order valence-electron chi connectivity index (χ2n) is 7.23. The Morgan fingerprint density at radius 3 is 2.43 bits per heavy atom. The summed E-state index contributed by atoms with van der Waals surface area (Å²) in [7, 11) is 4.51. The van der Waals surface area contributed by atoms with Gasteiger partial charge < -0.3 is 4.57 Å². The van der Waals surface area contributed by atoms with Crippen LogP contribution in [-0.4, -0.2) is 28.1 Å². The van der Waals surface area contributed by atoms with Gasteiger partial charge in [0.15, 0.2) is 0 Å². The van der Waals surface area contributed by atoms with E-state index >= 15 is 0 Å². The molecule has 1 aliphatic heterocycles. The Labute approximate surface area is 128 Å². The maximum Gasteiger partial charge on any atom is 0.0479 e. The Morgan fingerprint density at radius 2 is 1.81 bits per heavy atom. The lowest BCUT2D eigenvalue weighted by atomic mass is 9.77. The summed E-state index contributed by atoms with van der Waals surface area (Å²) in [6, 6.07) is 11.7. The third-order valence-corrected chi connectivity index (χ3v) is 6.15. The highest BCUT2D eigenvalue weighted by Gasteiger charge is 2.50. The molecule has 2 aromatic rings. The quantitative estimate of drug-likeness (QED) is 0.793. The van der Waals surface area contributed by atoms with Gasteiger partial charge in [0.1, 0.15) is 0 Å². The molecule has 1 fully saturated rings. The lowest BCUT2D eigenvalue weighted by molar-refractivity contribution is 0.145. The van der Waals surface area contributed by atoms with Crippen LogP contribution < -0.4 is 0 Å². The van der Waals surface area contributed by atoms with Crippen LogP contribution in [0.5, 0.6) is 0 Å². The maximum absolute atomic E-state index is 2.57. The van der Waals surface area contributed by atoms with E-state index in [-0.39, 0.29) is 5.54 Å². The van der Waals surface area contributed by atoms with Crippen LogP contribution in [0.1, 0.15) is 45.7 Å². The van der Waals surface area contributed by atoms with Gasteiger partial charge in [-0.05, 0) is 51.3 Å². The van der Waals surface area contributed by atoms with Crippen LogP contribution in [0.4, 0.5) is 0 Å². The molecule has 0 amide bonds. The third-order valence-electron chi connectivity index (χ3n) is 6.15. The first-order chi connectivity index (χ1) is 9.89. The van der Waals surface area contributed by atoms with Crippen LogP contribution in [0.25, 0.3) is 10.9 Å². The molecule has 2 nitrogen and oxygen atoms in total. The van der Waals surface area contributed by atoms with Crippen molar-refractivity contribution in [1.82, 2.24) is 9.47 Å². The van der Waals surface area contributed by atoms with Gasteiger partial charge in [-0.1, -0.05) is 31.5 Å². The minimum absolute atomic E-state index is 0.259. The van der Waals surface area contributed by atoms with Crippen molar-refractivity contribution in [2.24, 2.45) is 13.0 Å². The summed E-state index contributed by atoms with van der Waals surface area (Å²) in [6.45, 7) is 9.54. The molecule has 1 saturated heterocycles. The molecule has 0 aliphatic carbocycles. The van der Waals surface area contributed by atoms with E-state index < -0.39 is 0 Å². The number of likely N-dealkylation sites (N-methyl/N-ethyl adjacent to an activating group) is 1. The van der Waals surface area contributed by atoms with Crippen molar-refractivity contribution in [1.29, 1.82) is 0 Å². The number of fused-ring (bicyclic) bond motifs is 1. The smallest absolute Gasteiger partial charge is 0.0479 e. The molecule has 114 valence electrons. The molecule has 2 heterocycles. The lowest BCUT2D eigenvalue weighted by Gasteiger charge is -2.34. The molecule has 2 unspecified atom stereocenters. The molecule has 1 aromatic heterocycles. The number of aromatic nitrogens is 1. The summed E-state index contributed by atoms with van der Waals surface area (Å²) in [5.41, 5.74) is 3.10. The maximum atomic E-state index is 2.57. The topological polar surface area (TPSA) is 8.17 Å². The number of hydrogen-bond acceptors (Lipinski definition) is 1. The van der Waals surface area contributed by atoms with Gasteiger partial charge in [0.2, 0.25) is 0 Å². The van der Waals surface area contributed by atoms with Crippen molar-refractivity contribution in [3.8, 4) is 0 Å². The van der Waals surface area contributed by atoms with Crippen LogP contribution in [-0.2, 0) is 7.05 Å². The third kappa shape index (κ3) is 1.96. The summed E-state index contributed by atoms with van der Waals surface area (Å²) in [4.78, 5) is 2.57. The molecule has 0 N–H and O–H groups in total. The van der Waals surface area contributed by atoms with Gasteiger partial charge in [0.05, 0.1) is 0 Å². The first-order valence-electron chi connectivity index (χ1n) is 8.16. The van der Waals surface area contributed by atoms with Crippen molar-refractivity contribution < 1.29 is 0 Å². The van der Waals surface area contributed by atoms with Gasteiger partial charge in [0.25, 0.3) is 0 Å². The first-order valence-corrected chi connectivity index (χ1v) is 8.16. The molecule has 1 aromatic carbocycles. The van der Waals surface area contributed by atoms with E-state index in [2.05, 4.69) is 81.6 Å². The van der Waals surface area contributed by atoms with Gasteiger partial charge in [0, 0.05) is 35.8 Å². The molecule has 21 heavy (non-hydrogen) atoms. The second-order valence-corrected chi connectivity index (χ2v) is 7.23. The minimum atomic E-state index is 0.259. The molecule has 3 atom stereocenters. The van der Waals surface area contributed by atoms with Gasteiger partial charge in [-0.25, -0.2) is 0 Å². The van der Waals surface area contributed by atoms with Crippen molar-refractivity contribution in [2.75, 3.05) is 7.05 Å². The Morgan fingerprint density at radius 1 is 1.14 bits per heavy atom. The molecule has 0 bridgehead atoms. The molecule has 0 radical (unpaired) electrons. The monoisotopic (exact) mass is 284 g/mol. The molecule has 1 aliphatic rings. The van der Waals surface area contributed by atoms with Crippen LogP contribution in [0.15, 0.2) is 30.3 Å². The summed E-state index contributed by atoms with van der Waals surface area (Å²) in [6.07, 6.45) is 1.23. The van der Waals surface area contributed by atoms with E-state index in [4.69, 9.17) is 0 Å². The lowest BCUT2D eigenvalue weighted by Crippen LogP contribution is -2.41. The molecule has 0 saturated carbocycles. The van der Waals surface area contributed by atoms with Crippen LogP contribution in [0, 0.1) is 5.92 Å². The Hall–Kier alpha value is -1.28. The van der Waals surface area contributed by atoms with E-state index in [1.54, 1.807) is 0 Å². The normalized spacial score (nSPS) is 29.3. The fourth-order valence-corrected chi connectivity index (χ4v) is 4.64. The fraction of sp³-hybridized carbons (Fsp3) is 0.579. The Bertz CT molecular complexity index is 653. The van der Waals surface area contributed by atoms with E-state index in [0.717, 1.165) is 0 Å². The summed E-state index contributed by atoms with van der Waals surface area (Å²) in [5.74, 6) is 1.30. The number of rotatable bonds is 2. The van der Waals surface area contributed by atoms with Crippen molar-refractivity contribution >= 4 is 10.9 Å². The van der Waals surface area contributed by atoms with E-state index in [9.17, 15) is 0 Å². The zero-order valence-corrected chi connectivity index (χ0v) is 14.2. The summed E-state index contributed by atoms with van der Waals surface area (Å²) in [5, 5.41) is 1.37. The number of para-hydroxylation sites is 1. The van der Waals surface area contributed by atoms with Crippen LogP contribution in [0.2, 0.25) is 0 Å². The Balaban J connectivity index is 2.15. The summed E-state index contributed by atoms with van der Waals surface area (Å²) >= 11 is 0. The number of aryl methyl sites for hydroxylation is 1. The standard InChI is InChI=1S/C19H28N2/c1-7-15-18(13(2)21(6)19(15,3)4)17-12-14-10-8-9-11-16(14)20(17)5/h8-13,15,18H,7H2,1-6H3/t13-,15?,18?/m1/s1. The van der Waals surface area contributed by atoms with Gasteiger partial charge in [-0.2, -0.15) is 0 Å². The molecule has 3 rings (SSSR count). The number of likely N-dealkylation sites (tertiary alicyclic amines) is 1. The highest BCUT2D eigenvalue weighted by molar-refractivity contribution is 5.81. The number of benzene rings is 1. The van der Waals surface area contributed by atoms with E-state index in [1.165, 1.54) is 23.0 Å².